The van der Waals surface area contributed by atoms with Gasteiger partial charge in [0.25, 0.3) is 0 Å². The van der Waals surface area contributed by atoms with E-state index in [1.165, 1.54) is 11.9 Å². The molecule has 0 aliphatic rings. The second-order valence-electron chi connectivity index (χ2n) is 6.48. The molecule has 4 aromatic rings. The first-order valence-corrected chi connectivity index (χ1v) is 10.2. The van der Waals surface area contributed by atoms with Crippen LogP contribution in [-0.4, -0.2) is 29.4 Å². The number of rotatable bonds is 8. The van der Waals surface area contributed by atoms with Gasteiger partial charge in [-0.2, -0.15) is 0 Å². The molecule has 0 bridgehead atoms. The van der Waals surface area contributed by atoms with Crippen LogP contribution in [0.2, 0.25) is 0 Å². The van der Waals surface area contributed by atoms with Crippen molar-refractivity contribution >= 4 is 46.0 Å². The van der Waals surface area contributed by atoms with Crippen LogP contribution in [0.4, 0.5) is 23.0 Å². The van der Waals surface area contributed by atoms with Crippen molar-refractivity contribution in [3.05, 3.63) is 66.7 Å². The smallest absolute Gasteiger partial charge is 0.180 e. The molecular weight excluding hydrogens is 414 g/mol. The lowest BCUT2D eigenvalue weighted by Gasteiger charge is -2.14. The number of nitrogens with zero attached hydrogens (tertiary/aromatic N) is 2. The van der Waals surface area contributed by atoms with E-state index in [-0.39, 0.29) is 0 Å². The van der Waals surface area contributed by atoms with E-state index in [0.717, 1.165) is 21.6 Å². The molecule has 31 heavy (non-hydrogen) atoms. The van der Waals surface area contributed by atoms with E-state index in [1.807, 2.05) is 54.6 Å². The van der Waals surface area contributed by atoms with E-state index >= 15 is 0 Å². The molecule has 0 atom stereocenters. The predicted octanol–water partition coefficient (Wildman–Crippen LogP) is 5.31. The normalized spacial score (nSPS) is 10.5. The second-order valence-corrected chi connectivity index (χ2v) is 7.36. The van der Waals surface area contributed by atoms with Crippen molar-refractivity contribution in [2.45, 2.75) is 4.90 Å². The third-order valence-electron chi connectivity index (χ3n) is 4.41. The van der Waals surface area contributed by atoms with Gasteiger partial charge in [-0.3, -0.25) is 10.7 Å². The Bertz CT molecular complexity index is 1180. The largest absolute Gasteiger partial charge is 0.497 e. The van der Waals surface area contributed by atoms with Crippen molar-refractivity contribution in [3.8, 4) is 11.5 Å². The topological polar surface area (TPSA) is 101 Å². The molecule has 0 aliphatic carbocycles. The fourth-order valence-corrected chi connectivity index (χ4v) is 3.60. The number of fused-ring (bicyclic) bond motifs is 1. The Kier molecular flexibility index (Phi) is 6.25. The summed E-state index contributed by atoms with van der Waals surface area (Å²) < 4.78 is 14.0. The van der Waals surface area contributed by atoms with Crippen LogP contribution in [0.25, 0.3) is 11.0 Å². The summed E-state index contributed by atoms with van der Waals surface area (Å²) >= 11 is 1.36. The van der Waals surface area contributed by atoms with Crippen molar-refractivity contribution in [2.24, 2.45) is 0 Å². The molecule has 4 rings (SSSR count). The highest BCUT2D eigenvalue weighted by Crippen LogP contribution is 2.32. The maximum absolute atomic E-state index is 9.13. The molecule has 3 aromatic carbocycles. The minimum absolute atomic E-state index is 0.554. The number of hydrogen-bond donors (Lipinski definition) is 4. The minimum Gasteiger partial charge on any atom is -0.497 e. The van der Waals surface area contributed by atoms with Gasteiger partial charge in [0.15, 0.2) is 11.6 Å². The van der Waals surface area contributed by atoms with Gasteiger partial charge < -0.3 is 19.5 Å². The highest BCUT2D eigenvalue weighted by Gasteiger charge is 2.12. The van der Waals surface area contributed by atoms with E-state index in [1.54, 1.807) is 26.4 Å². The molecule has 0 fully saturated rings. The summed E-state index contributed by atoms with van der Waals surface area (Å²) in [5, 5.41) is 12.4. The number of para-hydroxylation sites is 2. The molecule has 4 N–H and O–H groups in total. The highest BCUT2D eigenvalue weighted by atomic mass is 32.2. The molecule has 9 heteroatoms. The zero-order chi connectivity index (χ0) is 21.6. The van der Waals surface area contributed by atoms with Crippen LogP contribution in [0, 0.1) is 0 Å². The minimum atomic E-state index is 0.554. The van der Waals surface area contributed by atoms with E-state index in [4.69, 9.17) is 24.6 Å². The Hall–Kier alpha value is -3.69. The summed E-state index contributed by atoms with van der Waals surface area (Å²) in [6.45, 7) is 0. The number of ether oxygens (including phenoxy) is 2. The fraction of sp³-hybridized carbons (Fsp3) is 0.0909. The summed E-state index contributed by atoms with van der Waals surface area (Å²) in [6.07, 6.45) is 0. The number of hydrogen-bond acceptors (Lipinski definition) is 9. The molecule has 0 aliphatic heterocycles. The van der Waals surface area contributed by atoms with Crippen molar-refractivity contribution < 1.29 is 14.7 Å². The van der Waals surface area contributed by atoms with Gasteiger partial charge >= 0.3 is 0 Å². The molecule has 0 unspecified atom stereocenters. The number of anilines is 4. The first-order valence-electron chi connectivity index (χ1n) is 9.38. The van der Waals surface area contributed by atoms with Crippen molar-refractivity contribution in [3.63, 3.8) is 0 Å². The summed E-state index contributed by atoms with van der Waals surface area (Å²) in [6, 6.07) is 20.5. The molecule has 0 radical (unpaired) electrons. The van der Waals surface area contributed by atoms with Crippen molar-refractivity contribution in [2.75, 3.05) is 29.7 Å². The molecule has 158 valence electrons. The van der Waals surface area contributed by atoms with Crippen molar-refractivity contribution in [1.82, 2.24) is 9.97 Å². The third-order valence-corrected chi connectivity index (χ3v) is 5.20. The van der Waals surface area contributed by atoms with Gasteiger partial charge in [0.05, 0.1) is 30.9 Å². The van der Waals surface area contributed by atoms with Gasteiger partial charge in [-0.25, -0.2) is 9.97 Å². The second kappa shape index (κ2) is 9.41. The van der Waals surface area contributed by atoms with E-state index in [0.29, 0.717) is 28.8 Å². The van der Waals surface area contributed by atoms with Gasteiger partial charge in [0.1, 0.15) is 11.5 Å². The highest BCUT2D eigenvalue weighted by molar-refractivity contribution is 8.00. The maximum Gasteiger partial charge on any atom is 0.180 e. The Balaban J connectivity index is 1.68. The SMILES string of the molecule is COc1cc(Nc2nc3ccccc3nc2NSc2cccc(NO)c2)cc(OC)c1. The molecule has 0 spiro atoms. The molecule has 0 saturated heterocycles. The van der Waals surface area contributed by atoms with Gasteiger partial charge in [-0.15, -0.1) is 0 Å². The predicted molar refractivity (Wildman–Crippen MR) is 124 cm³/mol. The molecule has 8 nitrogen and oxygen atoms in total. The molecule has 0 saturated carbocycles. The van der Waals surface area contributed by atoms with Crippen LogP contribution < -0.4 is 25.0 Å². The van der Waals surface area contributed by atoms with Crippen LogP contribution in [-0.2, 0) is 0 Å². The number of aromatic nitrogens is 2. The van der Waals surface area contributed by atoms with E-state index in [9.17, 15) is 0 Å². The first-order chi connectivity index (χ1) is 15.2. The Morgan fingerprint density at radius 1 is 0.774 bits per heavy atom. The summed E-state index contributed by atoms with van der Waals surface area (Å²) in [7, 11) is 3.21. The Labute approximate surface area is 183 Å². The van der Waals surface area contributed by atoms with Gasteiger partial charge in [0.2, 0.25) is 0 Å². The Morgan fingerprint density at radius 3 is 2.10 bits per heavy atom. The maximum atomic E-state index is 9.13. The molecule has 0 amide bonds. The van der Waals surface area contributed by atoms with Crippen LogP contribution in [0.1, 0.15) is 0 Å². The average Bonchev–Trinajstić information content (AvgIpc) is 2.82. The van der Waals surface area contributed by atoms with Crippen LogP contribution in [0.15, 0.2) is 71.6 Å². The zero-order valence-corrected chi connectivity index (χ0v) is 17.7. The Morgan fingerprint density at radius 2 is 1.45 bits per heavy atom. The third kappa shape index (κ3) is 4.90. The van der Waals surface area contributed by atoms with Crippen LogP contribution >= 0.6 is 11.9 Å². The summed E-state index contributed by atoms with van der Waals surface area (Å²) in [5.41, 5.74) is 5.03. The average molecular weight is 436 g/mol. The van der Waals surface area contributed by atoms with E-state index in [2.05, 4.69) is 15.5 Å². The van der Waals surface area contributed by atoms with Gasteiger partial charge in [0, 0.05) is 28.8 Å². The number of methoxy groups -OCH3 is 2. The molecule has 1 heterocycles. The summed E-state index contributed by atoms with van der Waals surface area (Å²) in [4.78, 5) is 10.4. The van der Waals surface area contributed by atoms with E-state index < -0.39 is 0 Å². The quantitative estimate of drug-likeness (QED) is 0.217. The lowest BCUT2D eigenvalue weighted by atomic mass is 10.2. The standard InChI is InChI=1S/C22H21N5O3S/c1-29-16-10-15(11-17(13-16)30-2)23-21-22(25-20-9-4-3-8-19(20)24-21)27-31-18-7-5-6-14(12-18)26-28/h3-13,26,28H,1-2H3,(H,23,24)(H,25,27). The van der Waals surface area contributed by atoms with Gasteiger partial charge in [-0.05, 0) is 42.3 Å². The fourth-order valence-electron chi connectivity index (χ4n) is 2.91. The lowest BCUT2D eigenvalue weighted by molar-refractivity contribution is 0.388. The first kappa shape index (κ1) is 20.6. The number of benzene rings is 3. The van der Waals surface area contributed by atoms with Crippen molar-refractivity contribution in [1.29, 1.82) is 0 Å². The monoisotopic (exact) mass is 435 g/mol. The molecular formula is C22H21N5O3S. The molecule has 1 aromatic heterocycles. The summed E-state index contributed by atoms with van der Waals surface area (Å²) in [5.74, 6) is 2.44. The number of nitrogens with one attached hydrogen (secondary N) is 3. The van der Waals surface area contributed by atoms with Crippen LogP contribution in [0.3, 0.4) is 0 Å². The lowest BCUT2D eigenvalue weighted by Crippen LogP contribution is -2.03. The zero-order valence-electron chi connectivity index (χ0n) is 16.9. The van der Waals surface area contributed by atoms with Gasteiger partial charge in [-0.1, -0.05) is 18.2 Å². The van der Waals surface area contributed by atoms with Crippen LogP contribution in [0.5, 0.6) is 11.5 Å².